The van der Waals surface area contributed by atoms with Crippen molar-refractivity contribution < 1.29 is 57.3 Å². The van der Waals surface area contributed by atoms with Gasteiger partial charge in [0.1, 0.15) is 13.2 Å². The number of benzene rings is 2. The van der Waals surface area contributed by atoms with E-state index in [1.54, 1.807) is 24.3 Å². The van der Waals surface area contributed by atoms with E-state index >= 15 is 0 Å². The van der Waals surface area contributed by atoms with Gasteiger partial charge in [-0.25, -0.2) is 38.4 Å². The largest absolute Gasteiger partial charge is 0.459 e. The van der Waals surface area contributed by atoms with Gasteiger partial charge >= 0.3 is 23.9 Å². The van der Waals surface area contributed by atoms with Gasteiger partial charge in [-0.05, 0) is 49.2 Å². The molecule has 0 saturated heterocycles. The van der Waals surface area contributed by atoms with Gasteiger partial charge in [0.05, 0.1) is 11.4 Å². The first kappa shape index (κ1) is 36.0. The lowest BCUT2D eigenvalue weighted by molar-refractivity contribution is -0.172. The van der Waals surface area contributed by atoms with Crippen LogP contribution in [0.3, 0.4) is 0 Å². The minimum atomic E-state index is -1.42. The van der Waals surface area contributed by atoms with Crippen molar-refractivity contribution in [3.05, 3.63) is 59.7 Å². The van der Waals surface area contributed by atoms with Crippen molar-refractivity contribution >= 4 is 59.6 Å². The molecule has 2 rings (SSSR count). The second-order valence-electron chi connectivity index (χ2n) is 9.11. The third kappa shape index (κ3) is 12.2. The van der Waals surface area contributed by atoms with Gasteiger partial charge in [0.2, 0.25) is 24.3 Å². The molecule has 0 heterocycles. The van der Waals surface area contributed by atoms with Crippen molar-refractivity contribution in [3.63, 3.8) is 0 Å². The van der Waals surface area contributed by atoms with Gasteiger partial charge < -0.3 is 18.9 Å². The number of nitrogens with zero attached hydrogens (tertiary/aromatic N) is 4. The van der Waals surface area contributed by atoms with E-state index in [0.717, 1.165) is 0 Å². The van der Waals surface area contributed by atoms with Crippen molar-refractivity contribution in [2.45, 2.75) is 51.0 Å². The first-order valence-electron chi connectivity index (χ1n) is 13.3. The Hall–Kier alpha value is -6.16. The molecule has 2 aromatic carbocycles. The molecule has 0 bridgehead atoms. The fourth-order valence-corrected chi connectivity index (χ4v) is 3.58. The van der Waals surface area contributed by atoms with E-state index in [1.165, 1.54) is 62.4 Å². The van der Waals surface area contributed by atoms with E-state index in [0.29, 0.717) is 22.5 Å². The molecule has 0 fully saturated rings. The molecular weight excluding hydrogens is 608 g/mol. The van der Waals surface area contributed by atoms with Crippen LogP contribution in [0.15, 0.2) is 68.5 Å². The number of hydrogen-bond donors (Lipinski definition) is 0. The SMILES string of the molecule is CC(OC(=O)C(Cc1ccc(N=C=O)cc1)N=C=O)C(=O)OCCOC(=O)C(C)OC(=O)C(Cc1ccc(N=C=O)cc1)N=C=O. The average molecular weight is 635 g/mol. The molecule has 0 radical (unpaired) electrons. The number of aliphatic imine (C=N–C) groups is 4. The summed E-state index contributed by atoms with van der Waals surface area (Å²) >= 11 is 0. The quantitative estimate of drug-likeness (QED) is 0.0798. The van der Waals surface area contributed by atoms with E-state index in [-0.39, 0.29) is 12.8 Å². The minimum Gasteiger partial charge on any atom is -0.459 e. The highest BCUT2D eigenvalue weighted by atomic mass is 16.6. The third-order valence-corrected chi connectivity index (χ3v) is 5.86. The van der Waals surface area contributed by atoms with Crippen LogP contribution in [-0.2, 0) is 70.1 Å². The van der Waals surface area contributed by atoms with Crippen molar-refractivity contribution in [1.29, 1.82) is 0 Å². The fourth-order valence-electron chi connectivity index (χ4n) is 3.58. The molecule has 2 aromatic rings. The van der Waals surface area contributed by atoms with E-state index in [4.69, 9.17) is 18.9 Å². The maximum absolute atomic E-state index is 12.5. The van der Waals surface area contributed by atoms with Crippen LogP contribution < -0.4 is 0 Å². The number of isocyanates is 4. The zero-order valence-corrected chi connectivity index (χ0v) is 24.4. The van der Waals surface area contributed by atoms with Crippen LogP contribution in [-0.4, -0.2) is 85.7 Å². The summed E-state index contributed by atoms with van der Waals surface area (Å²) in [6, 6.07) is 9.49. The highest BCUT2D eigenvalue weighted by Crippen LogP contribution is 2.16. The molecule has 4 atom stereocenters. The van der Waals surface area contributed by atoms with Crippen LogP contribution in [0.2, 0.25) is 0 Å². The molecule has 238 valence electrons. The van der Waals surface area contributed by atoms with Crippen molar-refractivity contribution in [2.75, 3.05) is 13.2 Å². The molecule has 0 aliphatic heterocycles. The standard InChI is InChI=1S/C30H26N4O12/c1-19(45-29(41)25(33-17-37)13-21-3-7-23(8-4-21)31-15-35)27(39)43-11-12-44-28(40)20(2)46-30(42)26(34-18-38)14-22-5-9-24(10-6-22)32-16-36/h3-10,19-20,25-26H,11-14H2,1-2H3. The molecule has 0 amide bonds. The second kappa shape index (κ2) is 19.2. The number of esters is 4. The Bertz CT molecular complexity index is 1460. The van der Waals surface area contributed by atoms with Crippen molar-refractivity contribution in [1.82, 2.24) is 0 Å². The summed E-state index contributed by atoms with van der Waals surface area (Å²) in [5, 5.41) is 0. The zero-order valence-electron chi connectivity index (χ0n) is 24.4. The van der Waals surface area contributed by atoms with Gasteiger partial charge in [0, 0.05) is 12.8 Å². The zero-order chi connectivity index (χ0) is 33.9. The lowest BCUT2D eigenvalue weighted by atomic mass is 10.1. The van der Waals surface area contributed by atoms with Crippen molar-refractivity contribution in [3.8, 4) is 0 Å². The van der Waals surface area contributed by atoms with Gasteiger partial charge in [-0.15, -0.1) is 0 Å². The smallest absolute Gasteiger partial charge is 0.347 e. The van der Waals surface area contributed by atoms with E-state index < -0.39 is 61.4 Å². The van der Waals surface area contributed by atoms with Gasteiger partial charge in [0.25, 0.3) is 0 Å². The Labute approximate surface area is 260 Å². The highest BCUT2D eigenvalue weighted by molar-refractivity contribution is 5.83. The Morgan fingerprint density at radius 2 is 0.913 bits per heavy atom. The van der Waals surface area contributed by atoms with E-state index in [1.807, 2.05) is 0 Å². The van der Waals surface area contributed by atoms with Gasteiger partial charge in [0.15, 0.2) is 24.3 Å². The van der Waals surface area contributed by atoms with Crippen LogP contribution in [0.25, 0.3) is 0 Å². The molecule has 0 N–H and O–H groups in total. The number of ether oxygens (including phenoxy) is 4. The average Bonchev–Trinajstić information content (AvgIpc) is 3.04. The number of rotatable bonds is 17. The predicted molar refractivity (Wildman–Crippen MR) is 153 cm³/mol. The van der Waals surface area contributed by atoms with Crippen molar-refractivity contribution in [2.24, 2.45) is 20.0 Å². The maximum atomic E-state index is 12.5. The number of carbonyl (C=O) groups is 4. The molecule has 46 heavy (non-hydrogen) atoms. The number of hydrogen-bond acceptors (Lipinski definition) is 16. The highest BCUT2D eigenvalue weighted by Gasteiger charge is 2.28. The normalized spacial score (nSPS) is 12.5. The second-order valence-corrected chi connectivity index (χ2v) is 9.11. The van der Waals surface area contributed by atoms with Gasteiger partial charge in [-0.1, -0.05) is 24.3 Å². The maximum Gasteiger partial charge on any atom is 0.347 e. The van der Waals surface area contributed by atoms with Gasteiger partial charge in [-0.3, -0.25) is 0 Å². The van der Waals surface area contributed by atoms with E-state index in [2.05, 4.69) is 20.0 Å². The topological polar surface area (TPSA) is 223 Å². The summed E-state index contributed by atoms with van der Waals surface area (Å²) in [6.07, 6.45) is 2.35. The van der Waals surface area contributed by atoms with Gasteiger partial charge in [-0.2, -0.15) is 20.0 Å². The van der Waals surface area contributed by atoms with Crippen LogP contribution in [0.1, 0.15) is 25.0 Å². The van der Waals surface area contributed by atoms with Crippen LogP contribution in [0, 0.1) is 0 Å². The predicted octanol–water partition coefficient (Wildman–Crippen LogP) is 1.76. The Morgan fingerprint density at radius 3 is 1.22 bits per heavy atom. The van der Waals surface area contributed by atoms with Crippen LogP contribution >= 0.6 is 0 Å². The summed E-state index contributed by atoms with van der Waals surface area (Å²) < 4.78 is 20.0. The molecular formula is C30H26N4O12. The molecule has 16 nitrogen and oxygen atoms in total. The van der Waals surface area contributed by atoms with Crippen LogP contribution in [0.4, 0.5) is 11.4 Å². The first-order valence-corrected chi connectivity index (χ1v) is 13.3. The Balaban J connectivity index is 1.80. The van der Waals surface area contributed by atoms with E-state index in [9.17, 15) is 38.4 Å². The summed E-state index contributed by atoms with van der Waals surface area (Å²) in [5.74, 6) is -4.00. The summed E-state index contributed by atoms with van der Waals surface area (Å²) in [6.45, 7) is 1.54. The molecule has 0 saturated carbocycles. The molecule has 0 aliphatic rings. The molecule has 0 spiro atoms. The monoisotopic (exact) mass is 634 g/mol. The van der Waals surface area contributed by atoms with Crippen LogP contribution in [0.5, 0.6) is 0 Å². The Kier molecular flexibility index (Phi) is 15.0. The lowest BCUT2D eigenvalue weighted by Gasteiger charge is -2.17. The lowest BCUT2D eigenvalue weighted by Crippen LogP contribution is -2.34. The minimum absolute atomic E-state index is 0.0764. The molecule has 4 unspecified atom stereocenters. The summed E-state index contributed by atoms with van der Waals surface area (Å²) in [5.41, 5.74) is 1.75. The Morgan fingerprint density at radius 1 is 0.565 bits per heavy atom. The number of carbonyl (C=O) groups excluding carboxylic acids is 8. The molecule has 0 aliphatic carbocycles. The first-order chi connectivity index (χ1) is 22.1. The molecule has 0 aromatic heterocycles. The summed E-state index contributed by atoms with van der Waals surface area (Å²) in [7, 11) is 0. The molecule has 16 heteroatoms. The third-order valence-electron chi connectivity index (χ3n) is 5.86. The fraction of sp³-hybridized carbons (Fsp3) is 0.333. The summed E-state index contributed by atoms with van der Waals surface area (Å²) in [4.78, 5) is 106.